The molecular weight excluding hydrogens is 376 g/mol. The second-order valence-electron chi connectivity index (χ2n) is 8.71. The van der Waals surface area contributed by atoms with Crippen LogP contribution in [0, 0.1) is 19.3 Å². The van der Waals surface area contributed by atoms with Crippen LogP contribution in [0.15, 0.2) is 17.9 Å². The highest BCUT2D eigenvalue weighted by Gasteiger charge is 2.52. The molecule has 1 fully saturated rings. The van der Waals surface area contributed by atoms with Crippen LogP contribution in [0.1, 0.15) is 76.0 Å². The minimum absolute atomic E-state index is 0.310. The van der Waals surface area contributed by atoms with Crippen molar-refractivity contribution in [3.63, 3.8) is 0 Å². The topological polar surface area (TPSA) is 52.6 Å². The summed E-state index contributed by atoms with van der Waals surface area (Å²) in [5.74, 6) is -0.433. The smallest absolute Gasteiger partial charge is 0.343 e. The number of rotatable bonds is 4. The molecule has 5 heteroatoms. The second-order valence-corrected chi connectivity index (χ2v) is 9.12. The Labute approximate surface area is 172 Å². The number of carbonyl (C=O) groups excluding carboxylic acids is 2. The average Bonchev–Trinajstić information content (AvgIpc) is 2.86. The molecule has 1 aliphatic heterocycles. The van der Waals surface area contributed by atoms with Crippen LogP contribution in [0.25, 0.3) is 5.57 Å². The monoisotopic (exact) mass is 404 g/mol. The zero-order valence-corrected chi connectivity index (χ0v) is 18.2. The fourth-order valence-electron chi connectivity index (χ4n) is 4.01. The van der Waals surface area contributed by atoms with E-state index in [1.54, 1.807) is 0 Å². The third-order valence-electron chi connectivity index (χ3n) is 6.11. The molecule has 2 aliphatic rings. The molecule has 3 rings (SSSR count). The highest BCUT2D eigenvalue weighted by Crippen LogP contribution is 2.49. The van der Waals surface area contributed by atoms with Gasteiger partial charge in [0.2, 0.25) is 0 Å². The van der Waals surface area contributed by atoms with E-state index in [-0.39, 0.29) is 5.97 Å². The first kappa shape index (κ1) is 20.9. The van der Waals surface area contributed by atoms with Crippen LogP contribution >= 0.6 is 11.6 Å². The van der Waals surface area contributed by atoms with Crippen molar-refractivity contribution in [1.82, 2.24) is 0 Å². The number of carbonyl (C=O) groups is 2. The van der Waals surface area contributed by atoms with Crippen molar-refractivity contribution in [2.24, 2.45) is 5.41 Å². The Kier molecular flexibility index (Phi) is 5.64. The van der Waals surface area contributed by atoms with Crippen molar-refractivity contribution in [3.8, 4) is 0 Å². The molecule has 0 aromatic heterocycles. The summed E-state index contributed by atoms with van der Waals surface area (Å²) in [6.45, 7) is 9.52. The summed E-state index contributed by atoms with van der Waals surface area (Å²) in [5.41, 5.74) is 1.29. The zero-order valence-electron chi connectivity index (χ0n) is 17.4. The van der Waals surface area contributed by atoms with Gasteiger partial charge in [0.1, 0.15) is 5.57 Å². The summed E-state index contributed by atoms with van der Waals surface area (Å²) in [6.07, 6.45) is 4.92. The average molecular weight is 405 g/mol. The first-order chi connectivity index (χ1) is 13.1. The van der Waals surface area contributed by atoms with Crippen molar-refractivity contribution in [1.29, 1.82) is 0 Å². The number of esters is 2. The standard InChI is InChI=1S/C23H29ClO4/c1-6-22(4,5)21(26)27-19-18(17-15(3)12-14(2)13-16(17)24)20(25)28-23(19)10-8-7-9-11-23/h12-13H,6-11H2,1-5H3. The van der Waals surface area contributed by atoms with Gasteiger partial charge in [-0.3, -0.25) is 4.79 Å². The maximum Gasteiger partial charge on any atom is 0.343 e. The van der Waals surface area contributed by atoms with E-state index in [2.05, 4.69) is 0 Å². The molecule has 0 amide bonds. The lowest BCUT2D eigenvalue weighted by atomic mass is 9.81. The van der Waals surface area contributed by atoms with E-state index in [1.165, 1.54) is 0 Å². The van der Waals surface area contributed by atoms with Crippen molar-refractivity contribution in [2.75, 3.05) is 0 Å². The van der Waals surface area contributed by atoms with Crippen molar-refractivity contribution >= 4 is 29.1 Å². The van der Waals surface area contributed by atoms with Gasteiger partial charge < -0.3 is 9.47 Å². The largest absolute Gasteiger partial charge is 0.447 e. The van der Waals surface area contributed by atoms with Crippen molar-refractivity contribution < 1.29 is 19.1 Å². The van der Waals surface area contributed by atoms with E-state index in [1.807, 2.05) is 46.8 Å². The van der Waals surface area contributed by atoms with Crippen LogP contribution in [0.2, 0.25) is 5.02 Å². The predicted molar refractivity (Wildman–Crippen MR) is 110 cm³/mol. The van der Waals surface area contributed by atoms with Gasteiger partial charge in [-0.05, 0) is 77.0 Å². The molecule has 1 aromatic rings. The highest BCUT2D eigenvalue weighted by molar-refractivity contribution is 6.35. The van der Waals surface area contributed by atoms with Gasteiger partial charge in [-0.25, -0.2) is 4.79 Å². The minimum atomic E-state index is -0.856. The van der Waals surface area contributed by atoms with Gasteiger partial charge in [0.05, 0.1) is 5.41 Å². The fourth-order valence-corrected chi connectivity index (χ4v) is 4.43. The van der Waals surface area contributed by atoms with Gasteiger partial charge in [0, 0.05) is 10.6 Å². The van der Waals surface area contributed by atoms with E-state index in [0.717, 1.165) is 30.4 Å². The Morgan fingerprint density at radius 1 is 1.21 bits per heavy atom. The first-order valence-electron chi connectivity index (χ1n) is 10.1. The van der Waals surface area contributed by atoms with E-state index >= 15 is 0 Å². The van der Waals surface area contributed by atoms with Crippen molar-refractivity contribution in [3.05, 3.63) is 39.6 Å². The maximum atomic E-state index is 13.0. The summed E-state index contributed by atoms with van der Waals surface area (Å²) >= 11 is 6.54. The number of hydrogen-bond donors (Lipinski definition) is 0. The molecule has 4 nitrogen and oxygen atoms in total. The molecule has 1 spiro atoms. The van der Waals surface area contributed by atoms with E-state index < -0.39 is 17.0 Å². The van der Waals surface area contributed by atoms with Gasteiger partial charge >= 0.3 is 11.9 Å². The third-order valence-corrected chi connectivity index (χ3v) is 6.41. The summed E-state index contributed by atoms with van der Waals surface area (Å²) in [7, 11) is 0. The minimum Gasteiger partial charge on any atom is -0.447 e. The molecular formula is C23H29ClO4. The lowest BCUT2D eigenvalue weighted by molar-refractivity contribution is -0.160. The molecule has 1 aromatic carbocycles. The number of ether oxygens (including phenoxy) is 2. The summed E-state index contributed by atoms with van der Waals surface area (Å²) in [4.78, 5) is 25.9. The molecule has 1 aliphatic carbocycles. The zero-order chi connectivity index (χ0) is 20.7. The van der Waals surface area contributed by atoms with Crippen LogP contribution < -0.4 is 0 Å². The van der Waals surface area contributed by atoms with Gasteiger partial charge in [-0.15, -0.1) is 0 Å². The van der Waals surface area contributed by atoms with E-state index in [9.17, 15) is 9.59 Å². The van der Waals surface area contributed by atoms with Crippen LogP contribution in [-0.2, 0) is 19.1 Å². The molecule has 1 saturated carbocycles. The van der Waals surface area contributed by atoms with Crippen molar-refractivity contribution in [2.45, 2.75) is 78.7 Å². The number of halogens is 1. The molecule has 0 unspecified atom stereocenters. The third kappa shape index (κ3) is 3.59. The number of hydrogen-bond acceptors (Lipinski definition) is 4. The second kappa shape index (κ2) is 7.55. The maximum absolute atomic E-state index is 13.0. The van der Waals surface area contributed by atoms with Gasteiger partial charge in [-0.1, -0.05) is 31.0 Å². The molecule has 0 radical (unpaired) electrons. The molecule has 0 N–H and O–H groups in total. The molecule has 152 valence electrons. The number of aryl methyl sites for hydroxylation is 2. The predicted octanol–water partition coefficient (Wildman–Crippen LogP) is 5.91. The molecule has 1 heterocycles. The van der Waals surface area contributed by atoms with E-state index in [4.69, 9.17) is 21.1 Å². The van der Waals surface area contributed by atoms with Gasteiger partial charge in [-0.2, -0.15) is 0 Å². The Morgan fingerprint density at radius 3 is 2.43 bits per heavy atom. The summed E-state index contributed by atoms with van der Waals surface area (Å²) in [6, 6.07) is 3.80. The normalized spacial score (nSPS) is 19.1. The van der Waals surface area contributed by atoms with Gasteiger partial charge in [0.15, 0.2) is 11.4 Å². The van der Waals surface area contributed by atoms with Crippen LogP contribution in [0.3, 0.4) is 0 Å². The van der Waals surface area contributed by atoms with Crippen LogP contribution in [0.5, 0.6) is 0 Å². The number of benzene rings is 1. The lowest BCUT2D eigenvalue weighted by Gasteiger charge is -2.34. The molecule has 0 saturated heterocycles. The molecule has 0 bridgehead atoms. The lowest BCUT2D eigenvalue weighted by Crippen LogP contribution is -2.38. The highest BCUT2D eigenvalue weighted by atomic mass is 35.5. The quantitative estimate of drug-likeness (QED) is 0.585. The summed E-state index contributed by atoms with van der Waals surface area (Å²) < 4.78 is 11.9. The Morgan fingerprint density at radius 2 is 1.86 bits per heavy atom. The van der Waals surface area contributed by atoms with Crippen LogP contribution in [0.4, 0.5) is 0 Å². The molecule has 0 atom stereocenters. The SMILES string of the molecule is CCC(C)(C)C(=O)OC1=C(c2c(C)cc(C)cc2Cl)C(=O)OC12CCCCC2. The fraction of sp³-hybridized carbons (Fsp3) is 0.565. The van der Waals surface area contributed by atoms with Crippen LogP contribution in [-0.4, -0.2) is 17.5 Å². The first-order valence-corrected chi connectivity index (χ1v) is 10.5. The van der Waals surface area contributed by atoms with E-state index in [0.29, 0.717) is 41.2 Å². The summed E-state index contributed by atoms with van der Waals surface area (Å²) in [5, 5.41) is 0.473. The molecule has 28 heavy (non-hydrogen) atoms. The Hall–Kier alpha value is -1.81. The Balaban J connectivity index is 2.19. The van der Waals surface area contributed by atoms with Gasteiger partial charge in [0.25, 0.3) is 0 Å². The Bertz CT molecular complexity index is 821.